The minimum Gasteiger partial charge on any atom is -0.493 e. The summed E-state index contributed by atoms with van der Waals surface area (Å²) in [6.07, 6.45) is 0.921. The van der Waals surface area contributed by atoms with Crippen molar-refractivity contribution in [1.29, 1.82) is 0 Å². The zero-order valence-electron chi connectivity index (χ0n) is 10.1. The second-order valence-electron chi connectivity index (χ2n) is 3.60. The van der Waals surface area contributed by atoms with E-state index in [4.69, 9.17) is 21.4 Å². The third kappa shape index (κ3) is 6.10. The lowest BCUT2D eigenvalue weighted by Gasteiger charge is -2.11. The number of carbonyl (C=O) groups is 1. The number of ether oxygens (including phenoxy) is 1. The van der Waals surface area contributed by atoms with Crippen molar-refractivity contribution in [3.8, 4) is 5.75 Å². The molecule has 1 aromatic carbocycles. The Balaban J connectivity index is 0.00000289. The summed E-state index contributed by atoms with van der Waals surface area (Å²) in [4.78, 5) is 10.4. The molecule has 4 nitrogen and oxygen atoms in total. The number of aliphatic carboxylic acids is 1. The first-order valence-corrected chi connectivity index (χ1v) is 5.85. The van der Waals surface area contributed by atoms with Gasteiger partial charge in [0, 0.05) is 17.1 Å². The lowest BCUT2D eigenvalue weighted by atomic mass is 10.2. The fourth-order valence-electron chi connectivity index (χ4n) is 1.34. The summed E-state index contributed by atoms with van der Waals surface area (Å²) in [5.74, 6) is -0.141. The molecule has 0 spiro atoms. The largest absolute Gasteiger partial charge is 0.493 e. The summed E-state index contributed by atoms with van der Waals surface area (Å²) in [6, 6.07) is 5.34. The molecule has 0 aliphatic rings. The van der Waals surface area contributed by atoms with E-state index in [1.54, 1.807) is 18.2 Å². The SMILES string of the molecule is CCCOc1ccc(Cl)cc1CNCC(=O)O.Cl. The summed E-state index contributed by atoms with van der Waals surface area (Å²) < 4.78 is 5.55. The number of carboxylic acid groups (broad SMARTS) is 1. The van der Waals surface area contributed by atoms with Crippen LogP contribution in [0.3, 0.4) is 0 Å². The van der Waals surface area contributed by atoms with Crippen molar-refractivity contribution in [3.05, 3.63) is 28.8 Å². The number of hydrogen-bond acceptors (Lipinski definition) is 3. The van der Waals surface area contributed by atoms with Gasteiger partial charge in [-0.2, -0.15) is 0 Å². The molecular weight excluding hydrogens is 277 g/mol. The standard InChI is InChI=1S/C12H16ClNO3.ClH/c1-2-5-17-11-4-3-10(13)6-9(11)7-14-8-12(15)16;/h3-4,6,14H,2,5,7-8H2,1H3,(H,15,16);1H. The van der Waals surface area contributed by atoms with Crippen LogP contribution in [0.2, 0.25) is 5.02 Å². The molecule has 0 unspecified atom stereocenters. The van der Waals surface area contributed by atoms with Gasteiger partial charge in [-0.1, -0.05) is 18.5 Å². The molecule has 0 saturated carbocycles. The average molecular weight is 294 g/mol. The monoisotopic (exact) mass is 293 g/mol. The molecule has 0 atom stereocenters. The molecule has 0 fully saturated rings. The molecule has 1 aromatic rings. The normalized spacial score (nSPS) is 9.67. The quantitative estimate of drug-likeness (QED) is 0.812. The number of benzene rings is 1. The van der Waals surface area contributed by atoms with Gasteiger partial charge in [-0.3, -0.25) is 4.79 Å². The minimum atomic E-state index is -0.886. The van der Waals surface area contributed by atoms with Crippen molar-refractivity contribution in [3.63, 3.8) is 0 Å². The van der Waals surface area contributed by atoms with E-state index >= 15 is 0 Å². The van der Waals surface area contributed by atoms with Crippen molar-refractivity contribution in [1.82, 2.24) is 5.32 Å². The first kappa shape index (κ1) is 17.0. The minimum absolute atomic E-state index is 0. The van der Waals surface area contributed by atoms with Crippen molar-refractivity contribution >= 4 is 30.0 Å². The first-order chi connectivity index (χ1) is 8.13. The number of rotatable bonds is 7. The van der Waals surface area contributed by atoms with Crippen molar-refractivity contribution in [2.45, 2.75) is 19.9 Å². The lowest BCUT2D eigenvalue weighted by Crippen LogP contribution is -2.22. The molecule has 0 radical (unpaired) electrons. The van der Waals surface area contributed by atoms with Crippen LogP contribution in [0.1, 0.15) is 18.9 Å². The van der Waals surface area contributed by atoms with E-state index in [0.717, 1.165) is 17.7 Å². The lowest BCUT2D eigenvalue weighted by molar-refractivity contribution is -0.136. The van der Waals surface area contributed by atoms with E-state index in [9.17, 15) is 4.79 Å². The van der Waals surface area contributed by atoms with Crippen LogP contribution in [-0.4, -0.2) is 24.2 Å². The topological polar surface area (TPSA) is 58.6 Å². The smallest absolute Gasteiger partial charge is 0.317 e. The van der Waals surface area contributed by atoms with Crippen LogP contribution >= 0.6 is 24.0 Å². The summed E-state index contributed by atoms with van der Waals surface area (Å²) in [5.41, 5.74) is 0.868. The van der Waals surface area contributed by atoms with Gasteiger partial charge >= 0.3 is 5.97 Å². The van der Waals surface area contributed by atoms with Crippen molar-refractivity contribution in [2.75, 3.05) is 13.2 Å². The van der Waals surface area contributed by atoms with E-state index in [1.165, 1.54) is 0 Å². The van der Waals surface area contributed by atoms with Crippen molar-refractivity contribution < 1.29 is 14.6 Å². The van der Waals surface area contributed by atoms with Crippen molar-refractivity contribution in [2.24, 2.45) is 0 Å². The summed E-state index contributed by atoms with van der Waals surface area (Å²) in [5, 5.41) is 12.0. The molecular formula is C12H17Cl2NO3. The Bertz CT molecular complexity index is 386. The Morgan fingerprint density at radius 3 is 2.83 bits per heavy atom. The van der Waals surface area contributed by atoms with Gasteiger partial charge in [-0.15, -0.1) is 12.4 Å². The Hall–Kier alpha value is -0.970. The van der Waals surface area contributed by atoms with Crippen LogP contribution in [0.5, 0.6) is 5.75 Å². The number of carboxylic acids is 1. The van der Waals surface area contributed by atoms with Crippen LogP contribution < -0.4 is 10.1 Å². The Morgan fingerprint density at radius 2 is 2.22 bits per heavy atom. The third-order valence-corrected chi connectivity index (χ3v) is 2.31. The van der Waals surface area contributed by atoms with E-state index in [0.29, 0.717) is 18.2 Å². The Labute approximate surface area is 118 Å². The maximum Gasteiger partial charge on any atom is 0.317 e. The van der Waals surface area contributed by atoms with E-state index in [2.05, 4.69) is 5.32 Å². The fourth-order valence-corrected chi connectivity index (χ4v) is 1.54. The van der Waals surface area contributed by atoms with Gasteiger partial charge in [0.1, 0.15) is 5.75 Å². The summed E-state index contributed by atoms with van der Waals surface area (Å²) in [7, 11) is 0. The van der Waals surface area contributed by atoms with Gasteiger partial charge in [0.05, 0.1) is 13.2 Å². The van der Waals surface area contributed by atoms with Crippen LogP contribution in [-0.2, 0) is 11.3 Å². The number of nitrogens with one attached hydrogen (secondary N) is 1. The summed E-state index contributed by atoms with van der Waals surface area (Å²) >= 11 is 5.89. The molecule has 1 rings (SSSR count). The maximum atomic E-state index is 10.4. The zero-order chi connectivity index (χ0) is 12.7. The molecule has 0 heterocycles. The molecule has 0 aliphatic heterocycles. The van der Waals surface area contributed by atoms with Crippen LogP contribution in [0.25, 0.3) is 0 Å². The molecule has 0 saturated heterocycles. The molecule has 0 bridgehead atoms. The third-order valence-electron chi connectivity index (χ3n) is 2.08. The number of hydrogen-bond donors (Lipinski definition) is 2. The number of halogens is 2. The van der Waals surface area contributed by atoms with Gasteiger partial charge in [0.25, 0.3) is 0 Å². The summed E-state index contributed by atoms with van der Waals surface area (Å²) in [6.45, 7) is 3.00. The molecule has 18 heavy (non-hydrogen) atoms. The van der Waals surface area contributed by atoms with E-state index in [-0.39, 0.29) is 19.0 Å². The Morgan fingerprint density at radius 1 is 1.50 bits per heavy atom. The predicted molar refractivity (Wildman–Crippen MR) is 73.8 cm³/mol. The molecule has 0 aliphatic carbocycles. The maximum absolute atomic E-state index is 10.4. The molecule has 0 aromatic heterocycles. The highest BCUT2D eigenvalue weighted by Crippen LogP contribution is 2.22. The van der Waals surface area contributed by atoms with Gasteiger partial charge in [0.15, 0.2) is 0 Å². The van der Waals surface area contributed by atoms with Crippen LogP contribution in [0.4, 0.5) is 0 Å². The highest BCUT2D eigenvalue weighted by Gasteiger charge is 2.05. The van der Waals surface area contributed by atoms with E-state index in [1.807, 2.05) is 6.92 Å². The second kappa shape index (κ2) is 9.03. The molecule has 2 N–H and O–H groups in total. The predicted octanol–water partition coefficient (Wildman–Crippen LogP) is 2.72. The molecule has 102 valence electrons. The zero-order valence-corrected chi connectivity index (χ0v) is 11.7. The first-order valence-electron chi connectivity index (χ1n) is 5.47. The Kier molecular flexibility index (Phi) is 8.54. The average Bonchev–Trinajstić information content (AvgIpc) is 2.27. The fraction of sp³-hybridized carbons (Fsp3) is 0.417. The molecule has 6 heteroatoms. The highest BCUT2D eigenvalue weighted by molar-refractivity contribution is 6.30. The van der Waals surface area contributed by atoms with Gasteiger partial charge in [0.2, 0.25) is 0 Å². The van der Waals surface area contributed by atoms with Gasteiger partial charge < -0.3 is 15.2 Å². The van der Waals surface area contributed by atoms with Crippen LogP contribution in [0.15, 0.2) is 18.2 Å². The second-order valence-corrected chi connectivity index (χ2v) is 4.03. The molecule has 0 amide bonds. The van der Waals surface area contributed by atoms with Gasteiger partial charge in [-0.05, 0) is 24.6 Å². The van der Waals surface area contributed by atoms with Crippen LogP contribution in [0, 0.1) is 0 Å². The van der Waals surface area contributed by atoms with E-state index < -0.39 is 5.97 Å². The highest BCUT2D eigenvalue weighted by atomic mass is 35.5. The van der Waals surface area contributed by atoms with Gasteiger partial charge in [-0.25, -0.2) is 0 Å².